The molecule has 0 heterocycles. The number of carbonyl (C=O) groups is 1. The summed E-state index contributed by atoms with van der Waals surface area (Å²) in [5.74, 6) is 1.04. The Balaban J connectivity index is 2.47. The minimum Gasteiger partial charge on any atom is -0.383 e. The van der Waals surface area contributed by atoms with Crippen molar-refractivity contribution in [3.63, 3.8) is 0 Å². The van der Waals surface area contributed by atoms with Gasteiger partial charge in [-0.2, -0.15) is 0 Å². The fourth-order valence-electron chi connectivity index (χ4n) is 2.55. The number of rotatable bonds is 7. The van der Waals surface area contributed by atoms with E-state index in [4.69, 9.17) is 10.5 Å². The molecule has 1 amide bonds. The molecule has 1 rings (SSSR count). The number of amides is 1. The van der Waals surface area contributed by atoms with Crippen molar-refractivity contribution in [3.8, 4) is 0 Å². The van der Waals surface area contributed by atoms with Crippen molar-refractivity contribution in [1.82, 2.24) is 4.90 Å². The Morgan fingerprint density at radius 1 is 1.44 bits per heavy atom. The van der Waals surface area contributed by atoms with Crippen LogP contribution in [0.4, 0.5) is 0 Å². The van der Waals surface area contributed by atoms with Crippen LogP contribution in [0.1, 0.15) is 25.7 Å². The molecule has 18 heavy (non-hydrogen) atoms. The Morgan fingerprint density at radius 3 is 2.61 bits per heavy atom. The van der Waals surface area contributed by atoms with E-state index in [0.29, 0.717) is 25.6 Å². The molecule has 0 spiro atoms. The van der Waals surface area contributed by atoms with E-state index in [1.54, 1.807) is 13.2 Å². The fraction of sp³-hybridized carbons (Fsp3) is 0.786. The molecule has 0 unspecified atom stereocenters. The van der Waals surface area contributed by atoms with E-state index in [1.165, 1.54) is 0 Å². The summed E-state index contributed by atoms with van der Waals surface area (Å²) in [5, 5.41) is 0. The van der Waals surface area contributed by atoms with Crippen molar-refractivity contribution in [2.45, 2.75) is 25.7 Å². The van der Waals surface area contributed by atoms with Crippen molar-refractivity contribution in [3.05, 3.63) is 12.7 Å². The first-order chi connectivity index (χ1) is 8.72. The van der Waals surface area contributed by atoms with Crippen LogP contribution in [0.15, 0.2) is 12.7 Å². The van der Waals surface area contributed by atoms with Gasteiger partial charge in [0.1, 0.15) is 0 Å². The highest BCUT2D eigenvalue weighted by Gasteiger charge is 2.28. The van der Waals surface area contributed by atoms with E-state index in [9.17, 15) is 4.79 Å². The van der Waals surface area contributed by atoms with E-state index in [1.807, 2.05) is 4.90 Å². The summed E-state index contributed by atoms with van der Waals surface area (Å²) in [6.45, 7) is 6.30. The third-order valence-corrected chi connectivity index (χ3v) is 3.76. The normalized spacial score (nSPS) is 23.7. The van der Waals surface area contributed by atoms with Gasteiger partial charge < -0.3 is 15.4 Å². The van der Waals surface area contributed by atoms with Gasteiger partial charge in [0.2, 0.25) is 5.91 Å². The highest BCUT2D eigenvalue weighted by atomic mass is 16.5. The van der Waals surface area contributed by atoms with Gasteiger partial charge in [0.15, 0.2) is 0 Å². The number of nitrogens with two attached hydrogens (primary N) is 1. The minimum atomic E-state index is 0.171. The molecule has 0 aliphatic heterocycles. The zero-order valence-electron chi connectivity index (χ0n) is 11.4. The van der Waals surface area contributed by atoms with Crippen LogP contribution in [-0.2, 0) is 9.53 Å². The summed E-state index contributed by atoms with van der Waals surface area (Å²) < 4.78 is 5.05. The molecule has 0 aromatic carbocycles. The average Bonchev–Trinajstić information content (AvgIpc) is 2.43. The van der Waals surface area contributed by atoms with Gasteiger partial charge in [-0.3, -0.25) is 4.79 Å². The van der Waals surface area contributed by atoms with Gasteiger partial charge in [0, 0.05) is 26.1 Å². The van der Waals surface area contributed by atoms with E-state index in [-0.39, 0.29) is 11.8 Å². The van der Waals surface area contributed by atoms with Gasteiger partial charge in [-0.25, -0.2) is 0 Å². The quantitative estimate of drug-likeness (QED) is 0.699. The van der Waals surface area contributed by atoms with Crippen LogP contribution < -0.4 is 5.73 Å². The zero-order valence-corrected chi connectivity index (χ0v) is 11.4. The maximum Gasteiger partial charge on any atom is 0.226 e. The van der Waals surface area contributed by atoms with Gasteiger partial charge >= 0.3 is 0 Å². The average molecular weight is 254 g/mol. The van der Waals surface area contributed by atoms with Crippen molar-refractivity contribution >= 4 is 5.91 Å². The lowest BCUT2D eigenvalue weighted by Gasteiger charge is -2.31. The van der Waals surface area contributed by atoms with Crippen LogP contribution in [0.3, 0.4) is 0 Å². The van der Waals surface area contributed by atoms with E-state index >= 15 is 0 Å². The molecule has 0 aromatic heterocycles. The van der Waals surface area contributed by atoms with Gasteiger partial charge in [-0.05, 0) is 38.1 Å². The molecular weight excluding hydrogens is 228 g/mol. The first-order valence-electron chi connectivity index (χ1n) is 6.81. The second-order valence-electron chi connectivity index (χ2n) is 5.02. The molecule has 0 bridgehead atoms. The summed E-state index contributed by atoms with van der Waals surface area (Å²) in [5.41, 5.74) is 5.67. The predicted octanol–water partition coefficient (Wildman–Crippen LogP) is 1.41. The monoisotopic (exact) mass is 254 g/mol. The van der Waals surface area contributed by atoms with Crippen molar-refractivity contribution in [1.29, 1.82) is 0 Å². The number of hydrogen-bond donors (Lipinski definition) is 1. The third-order valence-electron chi connectivity index (χ3n) is 3.76. The summed E-state index contributed by atoms with van der Waals surface area (Å²) in [4.78, 5) is 14.2. The lowest BCUT2D eigenvalue weighted by molar-refractivity contribution is -0.136. The second kappa shape index (κ2) is 8.27. The van der Waals surface area contributed by atoms with Crippen LogP contribution in [0.25, 0.3) is 0 Å². The lowest BCUT2D eigenvalue weighted by atomic mass is 9.81. The van der Waals surface area contributed by atoms with Crippen molar-refractivity contribution < 1.29 is 9.53 Å². The minimum absolute atomic E-state index is 0.171. The largest absolute Gasteiger partial charge is 0.383 e. The van der Waals surface area contributed by atoms with Crippen LogP contribution in [0, 0.1) is 11.8 Å². The number of carbonyl (C=O) groups excluding carboxylic acids is 1. The molecule has 2 N–H and O–H groups in total. The molecule has 104 valence electrons. The molecular formula is C14H26N2O2. The molecule has 4 heteroatoms. The van der Waals surface area contributed by atoms with E-state index in [2.05, 4.69) is 6.58 Å². The smallest absolute Gasteiger partial charge is 0.226 e. The molecule has 1 fully saturated rings. The van der Waals surface area contributed by atoms with Crippen LogP contribution in [-0.4, -0.2) is 44.2 Å². The van der Waals surface area contributed by atoms with Gasteiger partial charge in [0.05, 0.1) is 6.61 Å². The Kier molecular flexibility index (Phi) is 6.98. The zero-order chi connectivity index (χ0) is 13.4. The maximum absolute atomic E-state index is 12.4. The van der Waals surface area contributed by atoms with Crippen molar-refractivity contribution in [2.24, 2.45) is 17.6 Å². The summed E-state index contributed by atoms with van der Waals surface area (Å²) in [6.07, 6.45) is 5.89. The Labute approximate surface area is 110 Å². The number of hydrogen-bond acceptors (Lipinski definition) is 3. The molecule has 4 nitrogen and oxygen atoms in total. The van der Waals surface area contributed by atoms with Crippen molar-refractivity contribution in [2.75, 3.05) is 33.4 Å². The SMILES string of the molecule is C=CCN(CCOC)C(=O)C1CCC(CN)CC1. The molecule has 1 saturated carbocycles. The third kappa shape index (κ3) is 4.42. The molecule has 0 atom stereocenters. The van der Waals surface area contributed by atoms with E-state index < -0.39 is 0 Å². The first-order valence-corrected chi connectivity index (χ1v) is 6.81. The van der Waals surface area contributed by atoms with E-state index in [0.717, 1.165) is 32.2 Å². The number of methoxy groups -OCH3 is 1. The standard InChI is InChI=1S/C14H26N2O2/c1-3-8-16(9-10-18-2)14(17)13-6-4-12(11-15)5-7-13/h3,12-13H,1,4-11,15H2,2H3. The van der Waals surface area contributed by atoms with Gasteiger partial charge in [-0.1, -0.05) is 6.08 Å². The number of nitrogens with zero attached hydrogens (tertiary/aromatic N) is 1. The first kappa shape index (κ1) is 15.2. The fourth-order valence-corrected chi connectivity index (χ4v) is 2.55. The molecule has 1 aliphatic rings. The van der Waals surface area contributed by atoms with Crippen LogP contribution in [0.2, 0.25) is 0 Å². The highest BCUT2D eigenvalue weighted by Crippen LogP contribution is 2.29. The molecule has 1 aliphatic carbocycles. The highest BCUT2D eigenvalue weighted by molar-refractivity contribution is 5.79. The van der Waals surface area contributed by atoms with Crippen LogP contribution >= 0.6 is 0 Å². The van der Waals surface area contributed by atoms with Crippen LogP contribution in [0.5, 0.6) is 0 Å². The van der Waals surface area contributed by atoms with Gasteiger partial charge in [0.25, 0.3) is 0 Å². The Bertz CT molecular complexity index is 261. The maximum atomic E-state index is 12.4. The molecule has 0 aromatic rings. The molecule has 0 saturated heterocycles. The molecule has 0 radical (unpaired) electrons. The summed E-state index contributed by atoms with van der Waals surface area (Å²) >= 11 is 0. The Hall–Kier alpha value is -0.870. The predicted molar refractivity (Wildman–Crippen MR) is 73.2 cm³/mol. The summed E-state index contributed by atoms with van der Waals surface area (Å²) in [7, 11) is 1.66. The lowest BCUT2D eigenvalue weighted by Crippen LogP contribution is -2.40. The van der Waals surface area contributed by atoms with Gasteiger partial charge in [-0.15, -0.1) is 6.58 Å². The number of ether oxygens (including phenoxy) is 1. The topological polar surface area (TPSA) is 55.6 Å². The second-order valence-corrected chi connectivity index (χ2v) is 5.02. The summed E-state index contributed by atoms with van der Waals surface area (Å²) in [6, 6.07) is 0. The Morgan fingerprint density at radius 2 is 2.11 bits per heavy atom.